The first-order chi connectivity index (χ1) is 12.9. The molecule has 7 heteroatoms. The zero-order chi connectivity index (χ0) is 19.8. The molecule has 0 fully saturated rings. The van der Waals surface area contributed by atoms with Crippen molar-refractivity contribution in [2.24, 2.45) is 0 Å². The molecule has 0 atom stereocenters. The van der Waals surface area contributed by atoms with Gasteiger partial charge < -0.3 is 14.8 Å². The van der Waals surface area contributed by atoms with Crippen molar-refractivity contribution < 1.29 is 19.1 Å². The second-order valence-electron chi connectivity index (χ2n) is 6.00. The minimum absolute atomic E-state index is 0.141. The monoisotopic (exact) mass is 409 g/mol. The first kappa shape index (κ1) is 21.1. The first-order valence-electron chi connectivity index (χ1n) is 8.46. The number of rotatable bonds is 8. The van der Waals surface area contributed by atoms with Gasteiger partial charge in [0.2, 0.25) is 0 Å². The van der Waals surface area contributed by atoms with E-state index in [2.05, 4.69) is 5.32 Å². The second-order valence-corrected chi connectivity index (χ2v) is 6.85. The van der Waals surface area contributed by atoms with Crippen LogP contribution in [0.5, 0.6) is 5.75 Å². The third-order valence-corrected chi connectivity index (χ3v) is 4.32. The molecule has 144 valence electrons. The summed E-state index contributed by atoms with van der Waals surface area (Å²) < 4.78 is 10.5. The number of anilines is 1. The molecular formula is C20H21Cl2NO4. The molecule has 0 saturated heterocycles. The molecule has 5 nitrogen and oxygen atoms in total. The summed E-state index contributed by atoms with van der Waals surface area (Å²) in [6, 6.07) is 10.6. The number of esters is 1. The van der Waals surface area contributed by atoms with Gasteiger partial charge in [-0.1, -0.05) is 41.4 Å². The summed E-state index contributed by atoms with van der Waals surface area (Å²) in [6.45, 7) is 3.78. The summed E-state index contributed by atoms with van der Waals surface area (Å²) >= 11 is 11.8. The fraction of sp³-hybridized carbons (Fsp3) is 0.300. The Balaban J connectivity index is 1.68. The van der Waals surface area contributed by atoms with Crippen LogP contribution in [0.2, 0.25) is 10.0 Å². The Labute approximate surface area is 168 Å². The van der Waals surface area contributed by atoms with Crippen LogP contribution >= 0.6 is 23.2 Å². The van der Waals surface area contributed by atoms with Crippen molar-refractivity contribution in [1.29, 1.82) is 0 Å². The number of benzene rings is 2. The van der Waals surface area contributed by atoms with Crippen LogP contribution in [-0.2, 0) is 14.3 Å². The lowest BCUT2D eigenvalue weighted by molar-refractivity contribution is -0.147. The minimum atomic E-state index is -0.461. The summed E-state index contributed by atoms with van der Waals surface area (Å²) in [4.78, 5) is 23.7. The Hall–Kier alpha value is -2.24. The predicted octanol–water partition coefficient (Wildman–Crippen LogP) is 4.95. The third kappa shape index (κ3) is 6.77. The van der Waals surface area contributed by atoms with Crippen LogP contribution in [0.25, 0.3) is 0 Å². The van der Waals surface area contributed by atoms with Crippen LogP contribution in [0, 0.1) is 13.8 Å². The second kappa shape index (κ2) is 10.2. The van der Waals surface area contributed by atoms with E-state index in [0.717, 1.165) is 16.8 Å². The molecule has 0 aliphatic carbocycles. The molecule has 2 aromatic carbocycles. The van der Waals surface area contributed by atoms with Gasteiger partial charge in [0.15, 0.2) is 6.61 Å². The summed E-state index contributed by atoms with van der Waals surface area (Å²) in [5, 5.41) is 3.70. The molecule has 2 aromatic rings. The van der Waals surface area contributed by atoms with Gasteiger partial charge >= 0.3 is 5.97 Å². The molecule has 0 aliphatic heterocycles. The van der Waals surface area contributed by atoms with Gasteiger partial charge in [-0.3, -0.25) is 9.59 Å². The van der Waals surface area contributed by atoms with Crippen molar-refractivity contribution in [2.45, 2.75) is 26.7 Å². The number of hydrogen-bond donors (Lipinski definition) is 1. The smallest absolute Gasteiger partial charge is 0.306 e. The number of hydrogen-bond acceptors (Lipinski definition) is 4. The highest BCUT2D eigenvalue weighted by Gasteiger charge is 2.11. The van der Waals surface area contributed by atoms with E-state index in [1.807, 2.05) is 32.0 Å². The first-order valence-corrected chi connectivity index (χ1v) is 9.22. The standard InChI is InChI=1S/C20H21Cl2NO4/c1-13-5-3-6-14(2)20(13)23-18(24)12-27-19(25)7-4-10-26-17-9-8-15(21)11-16(17)22/h3,5-6,8-9,11H,4,7,10,12H2,1-2H3,(H,23,24). The van der Waals surface area contributed by atoms with Crippen LogP contribution in [0.1, 0.15) is 24.0 Å². The van der Waals surface area contributed by atoms with Gasteiger partial charge in [-0.2, -0.15) is 0 Å². The molecule has 27 heavy (non-hydrogen) atoms. The number of carbonyl (C=O) groups excluding carboxylic acids is 2. The van der Waals surface area contributed by atoms with Crippen LogP contribution in [0.3, 0.4) is 0 Å². The molecule has 0 radical (unpaired) electrons. The van der Waals surface area contributed by atoms with Gasteiger partial charge in [-0.05, 0) is 49.6 Å². The largest absolute Gasteiger partial charge is 0.492 e. The lowest BCUT2D eigenvalue weighted by Gasteiger charge is -2.11. The number of halogens is 2. The van der Waals surface area contributed by atoms with Crippen LogP contribution in [0.4, 0.5) is 5.69 Å². The average molecular weight is 410 g/mol. The number of amides is 1. The van der Waals surface area contributed by atoms with Crippen molar-refractivity contribution in [1.82, 2.24) is 0 Å². The molecule has 0 unspecified atom stereocenters. The van der Waals surface area contributed by atoms with E-state index >= 15 is 0 Å². The lowest BCUT2D eigenvalue weighted by Crippen LogP contribution is -2.22. The minimum Gasteiger partial charge on any atom is -0.492 e. The number of aryl methyl sites for hydroxylation is 2. The highest BCUT2D eigenvalue weighted by Crippen LogP contribution is 2.27. The Morgan fingerprint density at radius 3 is 2.44 bits per heavy atom. The molecule has 1 amide bonds. The lowest BCUT2D eigenvalue weighted by atomic mass is 10.1. The summed E-state index contributed by atoms with van der Waals surface area (Å²) in [6.07, 6.45) is 0.582. The van der Waals surface area contributed by atoms with Gasteiger partial charge in [-0.15, -0.1) is 0 Å². The summed E-state index contributed by atoms with van der Waals surface area (Å²) in [5.74, 6) is -0.329. The van der Waals surface area contributed by atoms with E-state index in [9.17, 15) is 9.59 Å². The summed E-state index contributed by atoms with van der Waals surface area (Å²) in [7, 11) is 0. The van der Waals surface area contributed by atoms with Crippen molar-refractivity contribution in [3.05, 3.63) is 57.6 Å². The Morgan fingerprint density at radius 2 is 1.78 bits per heavy atom. The van der Waals surface area contributed by atoms with E-state index in [0.29, 0.717) is 28.8 Å². The van der Waals surface area contributed by atoms with Crippen LogP contribution < -0.4 is 10.1 Å². The molecular weight excluding hydrogens is 389 g/mol. The van der Waals surface area contributed by atoms with E-state index in [1.165, 1.54) is 0 Å². The average Bonchev–Trinajstić information content (AvgIpc) is 2.61. The van der Waals surface area contributed by atoms with Gasteiger partial charge in [-0.25, -0.2) is 0 Å². The highest BCUT2D eigenvalue weighted by atomic mass is 35.5. The van der Waals surface area contributed by atoms with Crippen molar-refractivity contribution >= 4 is 40.8 Å². The molecule has 0 aromatic heterocycles. The van der Waals surface area contributed by atoms with E-state index in [4.69, 9.17) is 32.7 Å². The normalized spacial score (nSPS) is 10.4. The number of para-hydroxylation sites is 1. The quantitative estimate of drug-likeness (QED) is 0.494. The Morgan fingerprint density at radius 1 is 1.07 bits per heavy atom. The molecule has 0 saturated carbocycles. The number of nitrogens with one attached hydrogen (secondary N) is 1. The fourth-order valence-corrected chi connectivity index (χ4v) is 2.86. The predicted molar refractivity (Wildman–Crippen MR) is 107 cm³/mol. The molecule has 0 heterocycles. The zero-order valence-corrected chi connectivity index (χ0v) is 16.7. The fourth-order valence-electron chi connectivity index (χ4n) is 2.40. The maximum Gasteiger partial charge on any atom is 0.306 e. The van der Waals surface area contributed by atoms with Gasteiger partial charge in [0.25, 0.3) is 5.91 Å². The SMILES string of the molecule is Cc1cccc(C)c1NC(=O)COC(=O)CCCOc1ccc(Cl)cc1Cl. The highest BCUT2D eigenvalue weighted by molar-refractivity contribution is 6.35. The molecule has 0 spiro atoms. The van der Waals surface area contributed by atoms with Crippen LogP contribution in [-0.4, -0.2) is 25.1 Å². The summed E-state index contributed by atoms with van der Waals surface area (Å²) in [5.41, 5.74) is 2.65. The van der Waals surface area contributed by atoms with E-state index in [-0.39, 0.29) is 18.9 Å². The van der Waals surface area contributed by atoms with Gasteiger partial charge in [0.1, 0.15) is 5.75 Å². The maximum atomic E-state index is 12.0. The molecule has 1 N–H and O–H groups in total. The van der Waals surface area contributed by atoms with Crippen LogP contribution in [0.15, 0.2) is 36.4 Å². The molecule has 0 bridgehead atoms. The maximum absolute atomic E-state index is 12.0. The van der Waals surface area contributed by atoms with Crippen molar-refractivity contribution in [3.63, 3.8) is 0 Å². The number of carbonyl (C=O) groups is 2. The van der Waals surface area contributed by atoms with E-state index in [1.54, 1.807) is 18.2 Å². The third-order valence-electron chi connectivity index (χ3n) is 3.79. The van der Waals surface area contributed by atoms with E-state index < -0.39 is 5.97 Å². The topological polar surface area (TPSA) is 64.6 Å². The van der Waals surface area contributed by atoms with Gasteiger partial charge in [0.05, 0.1) is 11.6 Å². The van der Waals surface area contributed by atoms with Gasteiger partial charge in [0, 0.05) is 17.1 Å². The zero-order valence-electron chi connectivity index (χ0n) is 15.2. The molecule has 0 aliphatic rings. The Bertz CT molecular complexity index is 803. The molecule has 2 rings (SSSR count). The van der Waals surface area contributed by atoms with Crippen molar-refractivity contribution in [2.75, 3.05) is 18.5 Å². The number of ether oxygens (including phenoxy) is 2. The Kier molecular flexibility index (Phi) is 7.95. The van der Waals surface area contributed by atoms with Crippen molar-refractivity contribution in [3.8, 4) is 5.75 Å².